The zero-order valence-electron chi connectivity index (χ0n) is 12.1. The largest absolute Gasteiger partial charge is 0.453 e. The van der Waals surface area contributed by atoms with Crippen LogP contribution in [0, 0.1) is 13.8 Å². The zero-order chi connectivity index (χ0) is 15.1. The normalized spacial score (nSPS) is 11.2. The highest BCUT2D eigenvalue weighted by atomic mass is 79.9. The van der Waals surface area contributed by atoms with E-state index in [9.17, 15) is 4.79 Å². The first-order valence-corrected chi connectivity index (χ1v) is 7.58. The molecule has 0 radical (unpaired) electrons. The van der Waals surface area contributed by atoms with Gasteiger partial charge in [-0.1, -0.05) is 15.9 Å². The van der Waals surface area contributed by atoms with Crippen molar-refractivity contribution in [2.24, 2.45) is 0 Å². The number of halogens is 1. The number of nitrogens with zero attached hydrogens (tertiary/aromatic N) is 2. The number of carbonyl (C=O) groups is 1. The average Bonchev–Trinajstić information content (AvgIpc) is 2.98. The van der Waals surface area contributed by atoms with E-state index in [4.69, 9.17) is 4.42 Å². The molecule has 3 rings (SSSR count). The van der Waals surface area contributed by atoms with Crippen molar-refractivity contribution in [1.29, 1.82) is 0 Å². The molecule has 0 spiro atoms. The van der Waals surface area contributed by atoms with E-state index in [1.54, 1.807) is 6.07 Å². The van der Waals surface area contributed by atoms with E-state index in [-0.39, 0.29) is 5.78 Å². The van der Waals surface area contributed by atoms with Crippen LogP contribution in [-0.2, 0) is 6.54 Å². The zero-order valence-corrected chi connectivity index (χ0v) is 13.7. The number of aryl methyl sites for hydroxylation is 2. The van der Waals surface area contributed by atoms with Crippen LogP contribution in [0.15, 0.2) is 33.2 Å². The highest BCUT2D eigenvalue weighted by molar-refractivity contribution is 9.10. The molecule has 0 aliphatic rings. The first-order chi connectivity index (χ1) is 10.0. The Morgan fingerprint density at radius 2 is 2.10 bits per heavy atom. The van der Waals surface area contributed by atoms with Crippen molar-refractivity contribution in [2.75, 3.05) is 0 Å². The Balaban J connectivity index is 2.10. The molecular formula is C16H15BrN2O2. The summed E-state index contributed by atoms with van der Waals surface area (Å²) in [6.07, 6.45) is 0. The summed E-state index contributed by atoms with van der Waals surface area (Å²) in [7, 11) is 0. The van der Waals surface area contributed by atoms with Crippen molar-refractivity contribution < 1.29 is 9.21 Å². The van der Waals surface area contributed by atoms with Gasteiger partial charge >= 0.3 is 0 Å². The van der Waals surface area contributed by atoms with Crippen LogP contribution < -0.4 is 0 Å². The van der Waals surface area contributed by atoms with Gasteiger partial charge in [0.05, 0.1) is 11.3 Å². The molecule has 2 heterocycles. The minimum absolute atomic E-state index is 0.114. The van der Waals surface area contributed by atoms with Crippen LogP contribution in [-0.4, -0.2) is 15.6 Å². The molecule has 0 bridgehead atoms. The van der Waals surface area contributed by atoms with Gasteiger partial charge in [0, 0.05) is 22.1 Å². The lowest BCUT2D eigenvalue weighted by atomic mass is 10.1. The molecule has 0 fully saturated rings. The standard InChI is InChI=1S/C16H15BrN2O2/c1-4-19-10(3)15(9(2)18-19)16(20)14-8-11-7-12(17)5-6-13(11)21-14/h5-8H,4H2,1-3H3. The van der Waals surface area contributed by atoms with Crippen LogP contribution in [0.25, 0.3) is 11.0 Å². The smallest absolute Gasteiger partial charge is 0.231 e. The second-order valence-corrected chi connectivity index (χ2v) is 5.90. The van der Waals surface area contributed by atoms with Crippen LogP contribution in [0.2, 0.25) is 0 Å². The molecule has 0 unspecified atom stereocenters. The van der Waals surface area contributed by atoms with E-state index in [1.807, 2.05) is 43.7 Å². The van der Waals surface area contributed by atoms with Crippen molar-refractivity contribution in [1.82, 2.24) is 9.78 Å². The summed E-state index contributed by atoms with van der Waals surface area (Å²) < 4.78 is 8.48. The third-order valence-electron chi connectivity index (χ3n) is 3.61. The predicted molar refractivity (Wildman–Crippen MR) is 84.7 cm³/mol. The maximum atomic E-state index is 12.7. The summed E-state index contributed by atoms with van der Waals surface area (Å²) in [5.41, 5.74) is 2.96. The quantitative estimate of drug-likeness (QED) is 0.665. The molecule has 0 aliphatic heterocycles. The summed E-state index contributed by atoms with van der Waals surface area (Å²) in [5.74, 6) is 0.238. The lowest BCUT2D eigenvalue weighted by Crippen LogP contribution is -2.04. The third-order valence-corrected chi connectivity index (χ3v) is 4.10. The van der Waals surface area contributed by atoms with Gasteiger partial charge in [0.15, 0.2) is 5.76 Å². The van der Waals surface area contributed by atoms with E-state index < -0.39 is 0 Å². The number of hydrogen-bond donors (Lipinski definition) is 0. The van der Waals surface area contributed by atoms with Crippen molar-refractivity contribution >= 4 is 32.7 Å². The average molecular weight is 347 g/mol. The first kappa shape index (κ1) is 14.1. The minimum Gasteiger partial charge on any atom is -0.453 e. The van der Waals surface area contributed by atoms with Crippen LogP contribution in [0.3, 0.4) is 0 Å². The maximum Gasteiger partial charge on any atom is 0.231 e. The van der Waals surface area contributed by atoms with Gasteiger partial charge in [-0.25, -0.2) is 0 Å². The Bertz CT molecular complexity index is 845. The molecule has 2 aromatic heterocycles. The van der Waals surface area contributed by atoms with Gasteiger partial charge in [0.1, 0.15) is 5.58 Å². The number of hydrogen-bond acceptors (Lipinski definition) is 3. The van der Waals surface area contributed by atoms with Gasteiger partial charge in [0.25, 0.3) is 0 Å². The summed E-state index contributed by atoms with van der Waals surface area (Å²) >= 11 is 3.42. The van der Waals surface area contributed by atoms with Crippen LogP contribution in [0.4, 0.5) is 0 Å². The molecule has 5 heteroatoms. The van der Waals surface area contributed by atoms with Crippen molar-refractivity contribution in [3.8, 4) is 0 Å². The number of ketones is 1. The van der Waals surface area contributed by atoms with Gasteiger partial charge in [-0.05, 0) is 45.0 Å². The fraction of sp³-hybridized carbons (Fsp3) is 0.250. The molecular weight excluding hydrogens is 332 g/mol. The molecule has 0 saturated heterocycles. The molecule has 1 aromatic carbocycles. The Labute approximate surface area is 130 Å². The molecule has 0 N–H and O–H groups in total. The topological polar surface area (TPSA) is 48.0 Å². The minimum atomic E-state index is -0.114. The highest BCUT2D eigenvalue weighted by Crippen LogP contribution is 2.26. The van der Waals surface area contributed by atoms with E-state index >= 15 is 0 Å². The second-order valence-electron chi connectivity index (χ2n) is 4.98. The Kier molecular flexibility index (Phi) is 3.45. The number of benzene rings is 1. The SMILES string of the molecule is CCn1nc(C)c(C(=O)c2cc3cc(Br)ccc3o2)c1C. The summed E-state index contributed by atoms with van der Waals surface area (Å²) in [5, 5.41) is 5.30. The van der Waals surface area contributed by atoms with Gasteiger partial charge in [-0.2, -0.15) is 5.10 Å². The molecule has 0 atom stereocenters. The van der Waals surface area contributed by atoms with Gasteiger partial charge < -0.3 is 4.42 Å². The molecule has 0 amide bonds. The Morgan fingerprint density at radius 1 is 1.33 bits per heavy atom. The Morgan fingerprint density at radius 3 is 2.76 bits per heavy atom. The predicted octanol–water partition coefficient (Wildman–Crippen LogP) is 4.26. The molecule has 108 valence electrons. The van der Waals surface area contributed by atoms with Gasteiger partial charge in [0.2, 0.25) is 5.78 Å². The van der Waals surface area contributed by atoms with Crippen molar-refractivity contribution in [3.05, 3.63) is 51.4 Å². The number of fused-ring (bicyclic) bond motifs is 1. The van der Waals surface area contributed by atoms with E-state index in [1.165, 1.54) is 0 Å². The number of aromatic nitrogens is 2. The van der Waals surface area contributed by atoms with Crippen molar-refractivity contribution in [2.45, 2.75) is 27.3 Å². The van der Waals surface area contributed by atoms with Crippen LogP contribution in [0.1, 0.15) is 34.4 Å². The molecule has 21 heavy (non-hydrogen) atoms. The molecule has 0 aliphatic carbocycles. The lowest BCUT2D eigenvalue weighted by molar-refractivity contribution is 0.101. The Hall–Kier alpha value is -1.88. The number of rotatable bonds is 3. The fourth-order valence-corrected chi connectivity index (χ4v) is 2.96. The second kappa shape index (κ2) is 5.15. The maximum absolute atomic E-state index is 12.7. The lowest BCUT2D eigenvalue weighted by Gasteiger charge is -2.00. The van der Waals surface area contributed by atoms with E-state index in [2.05, 4.69) is 21.0 Å². The van der Waals surface area contributed by atoms with Crippen molar-refractivity contribution in [3.63, 3.8) is 0 Å². The number of furan rings is 1. The monoisotopic (exact) mass is 346 g/mol. The van der Waals surface area contributed by atoms with E-state index in [0.717, 1.165) is 27.8 Å². The molecule has 4 nitrogen and oxygen atoms in total. The summed E-state index contributed by atoms with van der Waals surface area (Å²) in [6, 6.07) is 7.46. The van der Waals surface area contributed by atoms with Gasteiger partial charge in [-0.15, -0.1) is 0 Å². The number of carbonyl (C=O) groups excluding carboxylic acids is 1. The third kappa shape index (κ3) is 2.31. The first-order valence-electron chi connectivity index (χ1n) is 6.79. The van der Waals surface area contributed by atoms with Crippen LogP contribution in [0.5, 0.6) is 0 Å². The van der Waals surface area contributed by atoms with Crippen LogP contribution >= 0.6 is 15.9 Å². The summed E-state index contributed by atoms with van der Waals surface area (Å²) in [6.45, 7) is 6.51. The van der Waals surface area contributed by atoms with Gasteiger partial charge in [-0.3, -0.25) is 9.48 Å². The molecule has 3 aromatic rings. The molecule has 0 saturated carbocycles. The highest BCUT2D eigenvalue weighted by Gasteiger charge is 2.22. The fourth-order valence-electron chi connectivity index (χ4n) is 2.58. The summed E-state index contributed by atoms with van der Waals surface area (Å²) in [4.78, 5) is 12.7. The van der Waals surface area contributed by atoms with E-state index in [0.29, 0.717) is 16.9 Å².